The Hall–Kier alpha value is -0.570. The predicted molar refractivity (Wildman–Crippen MR) is 58.6 cm³/mol. The third kappa shape index (κ3) is 3.82. The first-order valence-electron chi connectivity index (χ1n) is 5.82. The molecule has 3 heteroatoms. The van der Waals surface area contributed by atoms with Crippen LogP contribution in [0, 0.1) is 11.3 Å². The highest BCUT2D eigenvalue weighted by molar-refractivity contribution is 5.71. The topological polar surface area (TPSA) is 35.5 Å². The molecule has 0 aromatic heterocycles. The van der Waals surface area contributed by atoms with Crippen molar-refractivity contribution in [3.05, 3.63) is 0 Å². The minimum absolute atomic E-state index is 0.00745. The van der Waals surface area contributed by atoms with E-state index in [4.69, 9.17) is 9.47 Å². The molecule has 1 aliphatic heterocycles. The number of hydrogen-bond donors (Lipinski definition) is 0. The van der Waals surface area contributed by atoms with Gasteiger partial charge >= 0.3 is 5.97 Å². The summed E-state index contributed by atoms with van der Waals surface area (Å²) in [5.41, 5.74) is 0.254. The van der Waals surface area contributed by atoms with E-state index < -0.39 is 0 Å². The van der Waals surface area contributed by atoms with Crippen molar-refractivity contribution < 1.29 is 14.3 Å². The van der Waals surface area contributed by atoms with Gasteiger partial charge in [-0.2, -0.15) is 0 Å². The molecular formula is C12H22O3. The largest absolute Gasteiger partial charge is 0.466 e. The highest BCUT2D eigenvalue weighted by atomic mass is 16.5. The maximum absolute atomic E-state index is 11.5. The molecule has 0 bridgehead atoms. The number of carbonyl (C=O) groups is 1. The summed E-state index contributed by atoms with van der Waals surface area (Å²) in [5, 5.41) is 0. The van der Waals surface area contributed by atoms with Crippen LogP contribution in [0.4, 0.5) is 0 Å². The van der Waals surface area contributed by atoms with Gasteiger partial charge in [-0.3, -0.25) is 4.79 Å². The van der Waals surface area contributed by atoms with Crippen molar-refractivity contribution in [3.8, 4) is 0 Å². The summed E-state index contributed by atoms with van der Waals surface area (Å²) < 4.78 is 10.4. The van der Waals surface area contributed by atoms with Gasteiger partial charge in [0.25, 0.3) is 0 Å². The summed E-state index contributed by atoms with van der Waals surface area (Å²) in [5.74, 6) is -0.0572. The van der Waals surface area contributed by atoms with Gasteiger partial charge in [-0.15, -0.1) is 0 Å². The quantitative estimate of drug-likeness (QED) is 0.674. The zero-order valence-corrected chi connectivity index (χ0v) is 10.0. The Bertz CT molecular complexity index is 207. The Kier molecular flexibility index (Phi) is 4.58. The van der Waals surface area contributed by atoms with E-state index in [0.29, 0.717) is 6.61 Å². The lowest BCUT2D eigenvalue weighted by Gasteiger charge is -2.35. The fourth-order valence-electron chi connectivity index (χ4n) is 2.18. The zero-order valence-electron chi connectivity index (χ0n) is 10.0. The van der Waals surface area contributed by atoms with Crippen LogP contribution in [-0.2, 0) is 14.3 Å². The van der Waals surface area contributed by atoms with E-state index >= 15 is 0 Å². The Morgan fingerprint density at radius 1 is 1.47 bits per heavy atom. The average Bonchev–Trinajstić information content (AvgIpc) is 2.18. The molecule has 1 unspecified atom stereocenters. The van der Waals surface area contributed by atoms with Crippen LogP contribution < -0.4 is 0 Å². The smallest absolute Gasteiger partial charge is 0.308 e. The highest BCUT2D eigenvalue weighted by Gasteiger charge is 2.31. The van der Waals surface area contributed by atoms with E-state index in [9.17, 15) is 4.79 Å². The lowest BCUT2D eigenvalue weighted by Crippen LogP contribution is -2.30. The Balaban J connectivity index is 2.41. The van der Waals surface area contributed by atoms with Crippen molar-refractivity contribution in [1.82, 2.24) is 0 Å². The van der Waals surface area contributed by atoms with Crippen molar-refractivity contribution in [2.45, 2.75) is 40.0 Å². The first kappa shape index (κ1) is 12.5. The summed E-state index contributed by atoms with van der Waals surface area (Å²) in [6, 6.07) is 0. The minimum Gasteiger partial charge on any atom is -0.466 e. The molecule has 15 heavy (non-hydrogen) atoms. The Morgan fingerprint density at radius 3 is 2.60 bits per heavy atom. The Morgan fingerprint density at radius 2 is 2.07 bits per heavy atom. The number of rotatable bonds is 4. The van der Waals surface area contributed by atoms with Gasteiger partial charge in [0.1, 0.15) is 0 Å². The molecule has 1 rings (SSSR count). The van der Waals surface area contributed by atoms with Crippen LogP contribution in [0.2, 0.25) is 0 Å². The number of carbonyl (C=O) groups excluding carboxylic acids is 1. The first-order valence-corrected chi connectivity index (χ1v) is 5.82. The van der Waals surface area contributed by atoms with Gasteiger partial charge in [-0.25, -0.2) is 0 Å². The van der Waals surface area contributed by atoms with E-state index in [2.05, 4.69) is 6.92 Å². The van der Waals surface area contributed by atoms with Crippen LogP contribution in [-0.4, -0.2) is 25.8 Å². The fourth-order valence-corrected chi connectivity index (χ4v) is 2.18. The van der Waals surface area contributed by atoms with Crippen molar-refractivity contribution in [1.29, 1.82) is 0 Å². The summed E-state index contributed by atoms with van der Waals surface area (Å²) in [4.78, 5) is 11.5. The SMILES string of the molecule is CCOC(=O)C(C)CC1(C)CCOCC1. The predicted octanol–water partition coefficient (Wildman–Crippen LogP) is 2.39. The molecule has 1 aliphatic rings. The zero-order chi connectivity index (χ0) is 11.3. The van der Waals surface area contributed by atoms with Crippen molar-refractivity contribution in [2.24, 2.45) is 11.3 Å². The molecule has 1 atom stereocenters. The van der Waals surface area contributed by atoms with E-state index in [1.54, 1.807) is 0 Å². The van der Waals surface area contributed by atoms with E-state index in [0.717, 1.165) is 32.5 Å². The van der Waals surface area contributed by atoms with Gasteiger partial charge in [0.2, 0.25) is 0 Å². The van der Waals surface area contributed by atoms with Crippen LogP contribution in [0.3, 0.4) is 0 Å². The molecule has 1 fully saturated rings. The lowest BCUT2D eigenvalue weighted by molar-refractivity contribution is -0.149. The molecule has 0 radical (unpaired) electrons. The molecule has 0 spiro atoms. The molecule has 0 aromatic carbocycles. The summed E-state index contributed by atoms with van der Waals surface area (Å²) in [6.45, 7) is 8.17. The van der Waals surface area contributed by atoms with Crippen LogP contribution in [0.15, 0.2) is 0 Å². The summed E-state index contributed by atoms with van der Waals surface area (Å²) in [7, 11) is 0. The Labute approximate surface area is 92.1 Å². The van der Waals surface area contributed by atoms with E-state index in [1.165, 1.54) is 0 Å². The van der Waals surface area contributed by atoms with E-state index in [-0.39, 0.29) is 17.3 Å². The second kappa shape index (κ2) is 5.50. The van der Waals surface area contributed by atoms with E-state index in [1.807, 2.05) is 13.8 Å². The molecule has 1 heterocycles. The second-order valence-electron chi connectivity index (χ2n) is 4.78. The molecule has 88 valence electrons. The van der Waals surface area contributed by atoms with Gasteiger partial charge < -0.3 is 9.47 Å². The average molecular weight is 214 g/mol. The van der Waals surface area contributed by atoms with Crippen molar-refractivity contribution >= 4 is 5.97 Å². The van der Waals surface area contributed by atoms with Crippen LogP contribution >= 0.6 is 0 Å². The molecule has 3 nitrogen and oxygen atoms in total. The normalized spacial score (nSPS) is 22.1. The third-order valence-corrected chi connectivity index (χ3v) is 3.19. The molecule has 0 aliphatic carbocycles. The van der Waals surface area contributed by atoms with Gasteiger partial charge in [0, 0.05) is 13.2 Å². The van der Waals surface area contributed by atoms with Gasteiger partial charge in [-0.05, 0) is 31.6 Å². The molecule has 0 aromatic rings. The van der Waals surface area contributed by atoms with Gasteiger partial charge in [0.05, 0.1) is 12.5 Å². The van der Waals surface area contributed by atoms with Gasteiger partial charge in [0.15, 0.2) is 0 Å². The molecular weight excluding hydrogens is 192 g/mol. The lowest BCUT2D eigenvalue weighted by atomic mass is 9.75. The van der Waals surface area contributed by atoms with Crippen LogP contribution in [0.25, 0.3) is 0 Å². The number of ether oxygens (including phenoxy) is 2. The van der Waals surface area contributed by atoms with Crippen LogP contribution in [0.5, 0.6) is 0 Å². The highest BCUT2D eigenvalue weighted by Crippen LogP contribution is 2.36. The van der Waals surface area contributed by atoms with Gasteiger partial charge in [-0.1, -0.05) is 13.8 Å². The molecule has 0 amide bonds. The number of esters is 1. The minimum atomic E-state index is -0.0646. The second-order valence-corrected chi connectivity index (χ2v) is 4.78. The standard InChI is InChI=1S/C12H22O3/c1-4-15-11(13)10(2)9-12(3)5-7-14-8-6-12/h10H,4-9H2,1-3H3. The molecule has 1 saturated heterocycles. The van der Waals surface area contributed by atoms with Crippen molar-refractivity contribution in [2.75, 3.05) is 19.8 Å². The van der Waals surface area contributed by atoms with Crippen molar-refractivity contribution in [3.63, 3.8) is 0 Å². The van der Waals surface area contributed by atoms with Crippen LogP contribution in [0.1, 0.15) is 40.0 Å². The number of hydrogen-bond acceptors (Lipinski definition) is 3. The maximum atomic E-state index is 11.5. The summed E-state index contributed by atoms with van der Waals surface area (Å²) >= 11 is 0. The first-order chi connectivity index (χ1) is 7.07. The maximum Gasteiger partial charge on any atom is 0.308 e. The third-order valence-electron chi connectivity index (χ3n) is 3.19. The summed E-state index contributed by atoms with van der Waals surface area (Å²) in [6.07, 6.45) is 3.02. The molecule has 0 saturated carbocycles. The fraction of sp³-hybridized carbons (Fsp3) is 0.917. The molecule has 0 N–H and O–H groups in total. The monoisotopic (exact) mass is 214 g/mol.